The van der Waals surface area contributed by atoms with E-state index in [9.17, 15) is 8.78 Å². The molecule has 0 aliphatic heterocycles. The van der Waals surface area contributed by atoms with E-state index in [-0.39, 0.29) is 17.8 Å². The zero-order chi connectivity index (χ0) is 12.3. The molecule has 0 unspecified atom stereocenters. The van der Waals surface area contributed by atoms with Crippen LogP contribution in [0.15, 0.2) is 12.1 Å². The average Bonchev–Trinajstić information content (AvgIpc) is 2.22. The normalized spacial score (nSPS) is 12.9. The summed E-state index contributed by atoms with van der Waals surface area (Å²) in [5, 5.41) is 0. The van der Waals surface area contributed by atoms with Crippen molar-refractivity contribution in [3.05, 3.63) is 29.3 Å². The number of hydrogen-bond donors (Lipinski definition) is 0. The Morgan fingerprint density at radius 3 is 2.00 bits per heavy atom. The number of hydrogen-bond acceptors (Lipinski definition) is 1. The zero-order valence-corrected chi connectivity index (χ0v) is 10.2. The molecule has 0 radical (unpaired) electrons. The number of rotatable bonds is 4. The molecule has 0 N–H and O–H groups in total. The van der Waals surface area contributed by atoms with Gasteiger partial charge in [-0.2, -0.15) is 0 Å². The topological polar surface area (TPSA) is 9.23 Å². The lowest BCUT2D eigenvalue weighted by atomic mass is 10.0. The van der Waals surface area contributed by atoms with Crippen LogP contribution < -0.4 is 4.74 Å². The van der Waals surface area contributed by atoms with Crippen molar-refractivity contribution >= 4 is 0 Å². The quantitative estimate of drug-likeness (QED) is 0.748. The first-order valence-corrected chi connectivity index (χ1v) is 5.61. The summed E-state index contributed by atoms with van der Waals surface area (Å²) in [5.74, 6) is -1.41. The standard InChI is InChI=1S/C13H18F2O/c1-5-9(4)16-13-11(14)6-10(8(2)3)7-12(13)15/h6-9H,5H2,1-4H3/t9-/m0/s1. The van der Waals surface area contributed by atoms with E-state index in [2.05, 4.69) is 0 Å². The van der Waals surface area contributed by atoms with Crippen molar-refractivity contribution in [3.63, 3.8) is 0 Å². The molecule has 1 atom stereocenters. The molecule has 1 aromatic rings. The Labute approximate surface area is 95.4 Å². The highest BCUT2D eigenvalue weighted by atomic mass is 19.1. The zero-order valence-electron chi connectivity index (χ0n) is 10.2. The maximum absolute atomic E-state index is 13.6. The van der Waals surface area contributed by atoms with Crippen LogP contribution in [-0.2, 0) is 0 Å². The van der Waals surface area contributed by atoms with E-state index < -0.39 is 11.6 Å². The molecule has 16 heavy (non-hydrogen) atoms. The van der Waals surface area contributed by atoms with Gasteiger partial charge in [0.1, 0.15) is 0 Å². The minimum absolute atomic E-state index is 0.0987. The second-order valence-electron chi connectivity index (χ2n) is 4.31. The van der Waals surface area contributed by atoms with Gasteiger partial charge < -0.3 is 4.74 Å². The van der Waals surface area contributed by atoms with Crippen LogP contribution in [0.4, 0.5) is 8.78 Å². The largest absolute Gasteiger partial charge is 0.485 e. The summed E-state index contributed by atoms with van der Waals surface area (Å²) < 4.78 is 32.4. The highest BCUT2D eigenvalue weighted by molar-refractivity contribution is 5.32. The highest BCUT2D eigenvalue weighted by Crippen LogP contribution is 2.27. The fourth-order valence-corrected chi connectivity index (χ4v) is 1.31. The summed E-state index contributed by atoms with van der Waals surface area (Å²) in [4.78, 5) is 0. The lowest BCUT2D eigenvalue weighted by molar-refractivity contribution is 0.197. The Kier molecular flexibility index (Phi) is 4.27. The van der Waals surface area contributed by atoms with Crippen molar-refractivity contribution in [2.75, 3.05) is 0 Å². The Balaban J connectivity index is 3.03. The molecule has 0 aliphatic rings. The summed E-state index contributed by atoms with van der Waals surface area (Å²) in [5.41, 5.74) is 0.645. The number of halogens is 2. The molecule has 0 amide bonds. The van der Waals surface area contributed by atoms with Crippen LogP contribution in [0, 0.1) is 11.6 Å². The monoisotopic (exact) mass is 228 g/mol. The van der Waals surface area contributed by atoms with Gasteiger partial charge in [0.15, 0.2) is 17.4 Å². The van der Waals surface area contributed by atoms with E-state index in [4.69, 9.17) is 4.74 Å². The molecule has 1 rings (SSSR count). The molecule has 0 saturated carbocycles. The predicted octanol–water partition coefficient (Wildman–Crippen LogP) is 4.27. The molecule has 1 nitrogen and oxygen atoms in total. The number of ether oxygens (including phenoxy) is 1. The van der Waals surface area contributed by atoms with Crippen LogP contribution in [0.2, 0.25) is 0 Å². The lowest BCUT2D eigenvalue weighted by Crippen LogP contribution is -2.12. The SMILES string of the molecule is CC[C@H](C)Oc1c(F)cc(C(C)C)cc1F. The van der Waals surface area contributed by atoms with Crippen LogP contribution in [0.25, 0.3) is 0 Å². The highest BCUT2D eigenvalue weighted by Gasteiger charge is 2.15. The fourth-order valence-electron chi connectivity index (χ4n) is 1.31. The summed E-state index contributed by atoms with van der Waals surface area (Å²) in [6, 6.07) is 2.68. The molecular formula is C13H18F2O. The van der Waals surface area contributed by atoms with E-state index in [1.165, 1.54) is 12.1 Å². The molecule has 0 spiro atoms. The van der Waals surface area contributed by atoms with E-state index in [1.807, 2.05) is 20.8 Å². The van der Waals surface area contributed by atoms with Crippen LogP contribution in [0.3, 0.4) is 0 Å². The molecule has 0 aliphatic carbocycles. The van der Waals surface area contributed by atoms with Crippen molar-refractivity contribution in [2.24, 2.45) is 0 Å². The van der Waals surface area contributed by atoms with Crippen molar-refractivity contribution in [1.82, 2.24) is 0 Å². The summed E-state index contributed by atoms with van der Waals surface area (Å²) in [6.45, 7) is 7.48. The molecule has 3 heteroatoms. The van der Waals surface area contributed by atoms with Gasteiger partial charge in [-0.15, -0.1) is 0 Å². The van der Waals surface area contributed by atoms with Crippen molar-refractivity contribution in [3.8, 4) is 5.75 Å². The molecule has 0 aromatic heterocycles. The number of benzene rings is 1. The Bertz CT molecular complexity index is 338. The second-order valence-corrected chi connectivity index (χ2v) is 4.31. The van der Waals surface area contributed by atoms with Gasteiger partial charge >= 0.3 is 0 Å². The minimum atomic E-state index is -0.621. The molecule has 90 valence electrons. The summed E-state index contributed by atoms with van der Waals surface area (Å²) >= 11 is 0. The van der Waals surface area contributed by atoms with Crippen LogP contribution in [-0.4, -0.2) is 6.10 Å². The molecule has 0 fully saturated rings. The van der Waals surface area contributed by atoms with Gasteiger partial charge in [0, 0.05) is 0 Å². The first-order valence-electron chi connectivity index (χ1n) is 5.61. The van der Waals surface area contributed by atoms with Crippen molar-refractivity contribution < 1.29 is 13.5 Å². The Hall–Kier alpha value is -1.12. The van der Waals surface area contributed by atoms with Gasteiger partial charge in [0.25, 0.3) is 0 Å². The minimum Gasteiger partial charge on any atom is -0.485 e. The Morgan fingerprint density at radius 2 is 1.62 bits per heavy atom. The van der Waals surface area contributed by atoms with Gasteiger partial charge in [-0.1, -0.05) is 20.8 Å². The van der Waals surface area contributed by atoms with Gasteiger partial charge in [-0.3, -0.25) is 0 Å². The molecule has 0 bridgehead atoms. The van der Waals surface area contributed by atoms with E-state index in [0.717, 1.165) is 0 Å². The smallest absolute Gasteiger partial charge is 0.191 e. The van der Waals surface area contributed by atoms with Gasteiger partial charge in [-0.25, -0.2) is 8.78 Å². The van der Waals surface area contributed by atoms with Gasteiger partial charge in [0.2, 0.25) is 0 Å². The molecular weight excluding hydrogens is 210 g/mol. The molecule has 1 aromatic carbocycles. The van der Waals surface area contributed by atoms with Crippen LogP contribution in [0.1, 0.15) is 45.6 Å². The maximum atomic E-state index is 13.6. The van der Waals surface area contributed by atoms with E-state index in [1.54, 1.807) is 6.92 Å². The van der Waals surface area contributed by atoms with Crippen LogP contribution >= 0.6 is 0 Å². The maximum Gasteiger partial charge on any atom is 0.191 e. The van der Waals surface area contributed by atoms with Crippen molar-refractivity contribution in [1.29, 1.82) is 0 Å². The second kappa shape index (κ2) is 5.28. The molecule has 0 heterocycles. The molecule has 0 saturated heterocycles. The Morgan fingerprint density at radius 1 is 1.12 bits per heavy atom. The van der Waals surface area contributed by atoms with Crippen molar-refractivity contribution in [2.45, 2.75) is 46.1 Å². The summed E-state index contributed by atoms with van der Waals surface area (Å²) in [7, 11) is 0. The fraction of sp³-hybridized carbons (Fsp3) is 0.538. The third kappa shape index (κ3) is 2.94. The predicted molar refractivity (Wildman–Crippen MR) is 60.8 cm³/mol. The van der Waals surface area contributed by atoms with Crippen LogP contribution in [0.5, 0.6) is 5.75 Å². The van der Waals surface area contributed by atoms with Gasteiger partial charge in [0.05, 0.1) is 6.10 Å². The van der Waals surface area contributed by atoms with Gasteiger partial charge in [-0.05, 0) is 37.0 Å². The first-order chi connectivity index (χ1) is 7.45. The average molecular weight is 228 g/mol. The lowest BCUT2D eigenvalue weighted by Gasteiger charge is -2.15. The third-order valence-electron chi connectivity index (χ3n) is 2.58. The first kappa shape index (κ1) is 12.9. The van der Waals surface area contributed by atoms with E-state index >= 15 is 0 Å². The third-order valence-corrected chi connectivity index (χ3v) is 2.58. The summed E-state index contributed by atoms with van der Waals surface area (Å²) in [6.07, 6.45) is 0.527. The van der Waals surface area contributed by atoms with E-state index in [0.29, 0.717) is 12.0 Å².